The van der Waals surface area contributed by atoms with E-state index in [-0.39, 0.29) is 5.91 Å². The highest BCUT2D eigenvalue weighted by Gasteiger charge is 2.35. The molecule has 1 N–H and O–H groups in total. The molecule has 0 radical (unpaired) electrons. The number of carbonyl (C=O) groups is 1. The van der Waals surface area contributed by atoms with Gasteiger partial charge in [-0.15, -0.1) is 0 Å². The Kier molecular flexibility index (Phi) is 4.78. The molecule has 1 aliphatic carbocycles. The lowest BCUT2D eigenvalue weighted by atomic mass is 9.89. The number of amides is 1. The number of nitrogens with zero attached hydrogens (tertiary/aromatic N) is 1. The molecule has 1 fully saturated rings. The van der Waals surface area contributed by atoms with E-state index in [1.165, 1.54) is 19.3 Å². The number of carbonyl (C=O) groups excluding carboxylic acids is 1. The molecule has 3 unspecified atom stereocenters. The van der Waals surface area contributed by atoms with E-state index in [9.17, 15) is 4.79 Å². The second-order valence-electron chi connectivity index (χ2n) is 5.54. The summed E-state index contributed by atoms with van der Waals surface area (Å²) in [5.74, 6) is 1.57. The van der Waals surface area contributed by atoms with E-state index < -0.39 is 0 Å². The van der Waals surface area contributed by atoms with Crippen molar-refractivity contribution in [2.75, 3.05) is 14.1 Å². The molecule has 0 aromatic carbocycles. The molecule has 0 saturated heterocycles. The smallest absolute Gasteiger partial charge is 0.217 e. The molecule has 0 aliphatic heterocycles. The van der Waals surface area contributed by atoms with Crippen molar-refractivity contribution in [2.45, 2.75) is 52.1 Å². The van der Waals surface area contributed by atoms with E-state index in [0.29, 0.717) is 18.0 Å². The Labute approximate surface area is 99.6 Å². The number of nitrogens with one attached hydrogen (secondary N) is 1. The van der Waals surface area contributed by atoms with Crippen LogP contribution in [0.15, 0.2) is 0 Å². The van der Waals surface area contributed by atoms with Crippen molar-refractivity contribution in [3.05, 3.63) is 0 Å². The van der Waals surface area contributed by atoms with Gasteiger partial charge in [-0.2, -0.15) is 0 Å². The molecule has 3 heteroatoms. The number of rotatable bonds is 6. The second-order valence-corrected chi connectivity index (χ2v) is 5.54. The molecule has 0 aromatic heterocycles. The van der Waals surface area contributed by atoms with Crippen LogP contribution in [-0.4, -0.2) is 37.0 Å². The predicted octanol–water partition coefficient (Wildman–Crippen LogP) is 1.88. The first-order valence-corrected chi connectivity index (χ1v) is 6.35. The summed E-state index contributed by atoms with van der Waals surface area (Å²) in [6.45, 7) is 6.01. The van der Waals surface area contributed by atoms with E-state index in [1.807, 2.05) is 0 Å². The molecule has 0 bridgehead atoms. The van der Waals surface area contributed by atoms with Gasteiger partial charge in [-0.3, -0.25) is 4.79 Å². The molecule has 3 atom stereocenters. The standard InChI is InChI=1S/C13H26N2O/c1-9(15(4)5)8-13(12-6-7-12)10(2)14-11(3)16/h9-10,12-13H,6-8H2,1-5H3,(H,14,16). The van der Waals surface area contributed by atoms with E-state index in [1.54, 1.807) is 6.92 Å². The summed E-state index contributed by atoms with van der Waals surface area (Å²) in [6.07, 6.45) is 3.86. The third kappa shape index (κ3) is 4.12. The third-order valence-electron chi connectivity index (χ3n) is 3.80. The summed E-state index contributed by atoms with van der Waals surface area (Å²) in [7, 11) is 4.25. The van der Waals surface area contributed by atoms with Crippen LogP contribution in [0.2, 0.25) is 0 Å². The van der Waals surface area contributed by atoms with Gasteiger partial charge < -0.3 is 10.2 Å². The molecule has 0 aromatic rings. The summed E-state index contributed by atoms with van der Waals surface area (Å²) >= 11 is 0. The summed E-state index contributed by atoms with van der Waals surface area (Å²) in [6, 6.07) is 0.897. The summed E-state index contributed by atoms with van der Waals surface area (Å²) in [4.78, 5) is 13.4. The lowest BCUT2D eigenvalue weighted by molar-refractivity contribution is -0.120. The Morgan fingerprint density at radius 2 is 1.94 bits per heavy atom. The third-order valence-corrected chi connectivity index (χ3v) is 3.80. The van der Waals surface area contributed by atoms with Gasteiger partial charge in [0, 0.05) is 19.0 Å². The first-order valence-electron chi connectivity index (χ1n) is 6.35. The van der Waals surface area contributed by atoms with Gasteiger partial charge >= 0.3 is 0 Å². The van der Waals surface area contributed by atoms with E-state index in [2.05, 4.69) is 38.2 Å². The molecular weight excluding hydrogens is 200 g/mol. The van der Waals surface area contributed by atoms with Crippen LogP contribution < -0.4 is 5.32 Å². The van der Waals surface area contributed by atoms with Crippen molar-refractivity contribution in [1.29, 1.82) is 0 Å². The lowest BCUT2D eigenvalue weighted by Gasteiger charge is -2.30. The molecule has 16 heavy (non-hydrogen) atoms. The quantitative estimate of drug-likeness (QED) is 0.750. The van der Waals surface area contributed by atoms with Gasteiger partial charge in [0.05, 0.1) is 0 Å². The van der Waals surface area contributed by atoms with Crippen LogP contribution in [0.4, 0.5) is 0 Å². The van der Waals surface area contributed by atoms with E-state index in [0.717, 1.165) is 5.92 Å². The Balaban J connectivity index is 2.50. The average molecular weight is 226 g/mol. The molecule has 1 amide bonds. The minimum atomic E-state index is 0.0932. The summed E-state index contributed by atoms with van der Waals surface area (Å²) in [5.41, 5.74) is 0. The maximum atomic E-state index is 11.1. The van der Waals surface area contributed by atoms with Crippen molar-refractivity contribution in [3.8, 4) is 0 Å². The molecular formula is C13H26N2O. The summed E-state index contributed by atoms with van der Waals surface area (Å²) < 4.78 is 0. The normalized spacial score (nSPS) is 21.6. The van der Waals surface area contributed by atoms with Gasteiger partial charge in [-0.25, -0.2) is 0 Å². The van der Waals surface area contributed by atoms with Gasteiger partial charge in [0.1, 0.15) is 0 Å². The highest BCUT2D eigenvalue weighted by molar-refractivity contribution is 5.73. The highest BCUT2D eigenvalue weighted by Crippen LogP contribution is 2.41. The van der Waals surface area contributed by atoms with Gasteiger partial charge in [0.25, 0.3) is 0 Å². The topological polar surface area (TPSA) is 32.3 Å². The van der Waals surface area contributed by atoms with Crippen LogP contribution in [0.25, 0.3) is 0 Å². The zero-order valence-corrected chi connectivity index (χ0v) is 11.3. The molecule has 94 valence electrons. The van der Waals surface area contributed by atoms with E-state index >= 15 is 0 Å². The minimum Gasteiger partial charge on any atom is -0.354 e. The van der Waals surface area contributed by atoms with Crippen molar-refractivity contribution in [1.82, 2.24) is 10.2 Å². The largest absolute Gasteiger partial charge is 0.354 e. The highest BCUT2D eigenvalue weighted by atomic mass is 16.1. The molecule has 1 rings (SSSR count). The fourth-order valence-electron chi connectivity index (χ4n) is 2.36. The van der Waals surface area contributed by atoms with Crippen LogP contribution in [0.5, 0.6) is 0 Å². The fourth-order valence-corrected chi connectivity index (χ4v) is 2.36. The van der Waals surface area contributed by atoms with Crippen molar-refractivity contribution in [3.63, 3.8) is 0 Å². The van der Waals surface area contributed by atoms with E-state index in [4.69, 9.17) is 0 Å². The van der Waals surface area contributed by atoms with Gasteiger partial charge in [-0.1, -0.05) is 0 Å². The Bertz CT molecular complexity index is 236. The average Bonchev–Trinajstić information content (AvgIpc) is 2.95. The summed E-state index contributed by atoms with van der Waals surface area (Å²) in [5, 5.41) is 3.05. The van der Waals surface area contributed by atoms with Crippen LogP contribution in [0.3, 0.4) is 0 Å². The molecule has 1 aliphatic rings. The maximum Gasteiger partial charge on any atom is 0.217 e. The molecule has 1 saturated carbocycles. The maximum absolute atomic E-state index is 11.1. The van der Waals surface area contributed by atoms with Crippen LogP contribution in [0.1, 0.15) is 40.0 Å². The van der Waals surface area contributed by atoms with Crippen LogP contribution in [-0.2, 0) is 4.79 Å². The SMILES string of the molecule is CC(=O)NC(C)C(CC(C)N(C)C)C1CC1. The van der Waals surface area contributed by atoms with Crippen molar-refractivity contribution >= 4 is 5.91 Å². The zero-order chi connectivity index (χ0) is 12.3. The van der Waals surface area contributed by atoms with Crippen molar-refractivity contribution < 1.29 is 4.79 Å². The van der Waals surface area contributed by atoms with Gasteiger partial charge in [0.15, 0.2) is 0 Å². The van der Waals surface area contributed by atoms with Gasteiger partial charge in [-0.05, 0) is 59.0 Å². The molecule has 3 nitrogen and oxygen atoms in total. The number of hydrogen-bond donors (Lipinski definition) is 1. The van der Waals surface area contributed by atoms with Crippen LogP contribution >= 0.6 is 0 Å². The number of hydrogen-bond acceptors (Lipinski definition) is 2. The Morgan fingerprint density at radius 3 is 2.31 bits per heavy atom. The second kappa shape index (κ2) is 5.67. The fraction of sp³-hybridized carbons (Fsp3) is 0.923. The first kappa shape index (κ1) is 13.5. The minimum absolute atomic E-state index is 0.0932. The molecule has 0 spiro atoms. The van der Waals surface area contributed by atoms with Crippen LogP contribution in [0, 0.1) is 11.8 Å². The van der Waals surface area contributed by atoms with Crippen molar-refractivity contribution in [2.24, 2.45) is 11.8 Å². The van der Waals surface area contributed by atoms with Gasteiger partial charge in [0.2, 0.25) is 5.91 Å². The Morgan fingerprint density at radius 1 is 1.38 bits per heavy atom. The molecule has 0 heterocycles. The lowest BCUT2D eigenvalue weighted by Crippen LogP contribution is -2.40. The predicted molar refractivity (Wildman–Crippen MR) is 67.3 cm³/mol. The Hall–Kier alpha value is -0.570. The first-order chi connectivity index (χ1) is 7.41. The zero-order valence-electron chi connectivity index (χ0n) is 11.3. The monoisotopic (exact) mass is 226 g/mol.